The Kier molecular flexibility index (Phi) is 6.74. The van der Waals surface area contributed by atoms with E-state index in [2.05, 4.69) is 39.6 Å². The summed E-state index contributed by atoms with van der Waals surface area (Å²) < 4.78 is 0. The van der Waals surface area contributed by atoms with Gasteiger partial charge < -0.3 is 5.32 Å². The van der Waals surface area contributed by atoms with Crippen molar-refractivity contribution in [1.82, 2.24) is 20.4 Å². The maximum atomic E-state index is 4.21. The van der Waals surface area contributed by atoms with Gasteiger partial charge in [-0.2, -0.15) is 0 Å². The van der Waals surface area contributed by atoms with E-state index in [0.29, 0.717) is 6.04 Å². The number of pyridine rings is 1. The number of hydrogen-bond acceptors (Lipinski definition) is 5. The van der Waals surface area contributed by atoms with Crippen molar-refractivity contribution in [3.8, 4) is 0 Å². The van der Waals surface area contributed by atoms with Crippen molar-refractivity contribution in [2.75, 3.05) is 5.32 Å². The van der Waals surface area contributed by atoms with Crippen LogP contribution in [0.5, 0.6) is 0 Å². The maximum Gasteiger partial charge on any atom is 0.155 e. The molecule has 0 aliphatic rings. The summed E-state index contributed by atoms with van der Waals surface area (Å²) in [4.78, 5) is 4.05. The van der Waals surface area contributed by atoms with Gasteiger partial charge in [-0.25, -0.2) is 0 Å². The van der Waals surface area contributed by atoms with E-state index >= 15 is 0 Å². The van der Waals surface area contributed by atoms with Crippen LogP contribution in [0.4, 0.5) is 5.82 Å². The fourth-order valence-electron chi connectivity index (χ4n) is 2.60. The lowest BCUT2D eigenvalue weighted by molar-refractivity contribution is 0.581. The highest BCUT2D eigenvalue weighted by atomic mass is 15.3. The monoisotopic (exact) mass is 299 g/mol. The predicted octanol–water partition coefficient (Wildman–Crippen LogP) is 3.43. The first-order valence-electron chi connectivity index (χ1n) is 8.16. The molecular formula is C17H25N5. The molecule has 5 heteroatoms. The molecular weight excluding hydrogens is 274 g/mol. The van der Waals surface area contributed by atoms with Crippen molar-refractivity contribution >= 4 is 5.82 Å². The molecule has 0 spiro atoms. The van der Waals surface area contributed by atoms with Crippen LogP contribution in [-0.4, -0.2) is 26.4 Å². The van der Waals surface area contributed by atoms with Crippen molar-refractivity contribution in [3.63, 3.8) is 0 Å². The maximum absolute atomic E-state index is 4.21. The lowest BCUT2D eigenvalue weighted by Gasteiger charge is -2.19. The molecule has 0 amide bonds. The van der Waals surface area contributed by atoms with Gasteiger partial charge in [-0.3, -0.25) is 4.98 Å². The molecule has 0 aliphatic carbocycles. The Morgan fingerprint density at radius 3 is 2.45 bits per heavy atom. The molecule has 118 valence electrons. The van der Waals surface area contributed by atoms with Gasteiger partial charge in [0.05, 0.1) is 6.20 Å². The SMILES string of the molecule is CCCC(CCC)Nc1nnncc1CCc1ccncc1. The molecule has 0 saturated heterocycles. The molecule has 0 aromatic carbocycles. The minimum absolute atomic E-state index is 0.464. The quantitative estimate of drug-likeness (QED) is 0.768. The van der Waals surface area contributed by atoms with Gasteiger partial charge in [0, 0.05) is 24.0 Å². The van der Waals surface area contributed by atoms with Crippen molar-refractivity contribution < 1.29 is 0 Å². The van der Waals surface area contributed by atoms with Crippen molar-refractivity contribution in [3.05, 3.63) is 41.9 Å². The lowest BCUT2D eigenvalue weighted by Crippen LogP contribution is -2.21. The van der Waals surface area contributed by atoms with E-state index < -0.39 is 0 Å². The van der Waals surface area contributed by atoms with E-state index in [4.69, 9.17) is 0 Å². The Morgan fingerprint density at radius 1 is 1.05 bits per heavy atom. The summed E-state index contributed by atoms with van der Waals surface area (Å²) in [7, 11) is 0. The predicted molar refractivity (Wildman–Crippen MR) is 88.7 cm³/mol. The summed E-state index contributed by atoms with van der Waals surface area (Å²) in [6, 6.07) is 4.56. The molecule has 2 aromatic rings. The molecule has 0 atom stereocenters. The van der Waals surface area contributed by atoms with Gasteiger partial charge in [0.25, 0.3) is 0 Å². The third kappa shape index (κ3) is 5.06. The third-order valence-electron chi connectivity index (χ3n) is 3.76. The molecule has 0 unspecified atom stereocenters. The van der Waals surface area contributed by atoms with Crippen LogP contribution in [0.25, 0.3) is 0 Å². The highest BCUT2D eigenvalue weighted by Gasteiger charge is 2.11. The summed E-state index contributed by atoms with van der Waals surface area (Å²) in [5.74, 6) is 0.885. The number of nitrogens with one attached hydrogen (secondary N) is 1. The minimum atomic E-state index is 0.464. The van der Waals surface area contributed by atoms with Crippen LogP contribution >= 0.6 is 0 Å². The fourth-order valence-corrected chi connectivity index (χ4v) is 2.60. The molecule has 1 N–H and O–H groups in total. The molecule has 0 bridgehead atoms. The van der Waals surface area contributed by atoms with Crippen molar-refractivity contribution in [2.45, 2.75) is 58.4 Å². The largest absolute Gasteiger partial charge is 0.366 e. The number of nitrogens with zero attached hydrogens (tertiary/aromatic N) is 4. The van der Waals surface area contributed by atoms with Gasteiger partial charge in [0.1, 0.15) is 0 Å². The van der Waals surface area contributed by atoms with Gasteiger partial charge in [-0.05, 0) is 48.6 Å². The van der Waals surface area contributed by atoms with Crippen LogP contribution in [0.1, 0.15) is 50.7 Å². The van der Waals surface area contributed by atoms with Gasteiger partial charge >= 0.3 is 0 Å². The molecule has 0 radical (unpaired) electrons. The summed E-state index contributed by atoms with van der Waals surface area (Å²) in [6.07, 6.45) is 12.0. The highest BCUT2D eigenvalue weighted by Crippen LogP contribution is 2.17. The number of anilines is 1. The zero-order valence-electron chi connectivity index (χ0n) is 13.5. The van der Waals surface area contributed by atoms with E-state index in [-0.39, 0.29) is 0 Å². The van der Waals surface area contributed by atoms with E-state index in [1.54, 1.807) is 0 Å². The van der Waals surface area contributed by atoms with Gasteiger partial charge in [-0.15, -0.1) is 10.2 Å². The summed E-state index contributed by atoms with van der Waals surface area (Å²) in [5.41, 5.74) is 2.40. The Hall–Kier alpha value is -2.04. The van der Waals surface area contributed by atoms with Crippen LogP contribution in [-0.2, 0) is 12.8 Å². The first-order valence-corrected chi connectivity index (χ1v) is 8.16. The molecule has 0 fully saturated rings. The van der Waals surface area contributed by atoms with Crippen LogP contribution in [0.3, 0.4) is 0 Å². The average Bonchev–Trinajstić information content (AvgIpc) is 2.55. The Morgan fingerprint density at radius 2 is 1.77 bits per heavy atom. The number of aromatic nitrogens is 4. The van der Waals surface area contributed by atoms with Crippen molar-refractivity contribution in [2.24, 2.45) is 0 Å². The summed E-state index contributed by atoms with van der Waals surface area (Å²) >= 11 is 0. The van der Waals surface area contributed by atoms with Crippen LogP contribution in [0, 0.1) is 0 Å². The van der Waals surface area contributed by atoms with E-state index in [1.807, 2.05) is 30.7 Å². The Labute approximate surface area is 132 Å². The topological polar surface area (TPSA) is 63.6 Å². The van der Waals surface area contributed by atoms with Gasteiger partial charge in [0.15, 0.2) is 5.82 Å². The fraction of sp³-hybridized carbons (Fsp3) is 0.529. The van der Waals surface area contributed by atoms with Crippen LogP contribution in [0.2, 0.25) is 0 Å². The summed E-state index contributed by atoms with van der Waals surface area (Å²) in [5, 5.41) is 15.5. The minimum Gasteiger partial charge on any atom is -0.366 e. The number of aryl methyl sites for hydroxylation is 2. The molecule has 0 saturated carbocycles. The molecule has 2 heterocycles. The number of hydrogen-bond donors (Lipinski definition) is 1. The molecule has 22 heavy (non-hydrogen) atoms. The molecule has 0 aliphatic heterocycles. The zero-order valence-corrected chi connectivity index (χ0v) is 13.5. The molecule has 5 nitrogen and oxygen atoms in total. The Balaban J connectivity index is 2.02. The standard InChI is InChI=1S/C17H25N5/c1-3-5-16(6-4-2)20-17-15(13-19-22-21-17)8-7-14-9-11-18-12-10-14/h9-13,16H,3-8H2,1-2H3,(H,19,20,21). The average molecular weight is 299 g/mol. The van der Waals surface area contributed by atoms with E-state index in [0.717, 1.165) is 37.1 Å². The normalized spacial score (nSPS) is 10.9. The first kappa shape index (κ1) is 16.3. The van der Waals surface area contributed by atoms with E-state index in [1.165, 1.54) is 18.4 Å². The van der Waals surface area contributed by atoms with Gasteiger partial charge in [0.2, 0.25) is 0 Å². The molecule has 2 aromatic heterocycles. The second-order valence-electron chi connectivity index (χ2n) is 5.58. The number of rotatable bonds is 9. The second kappa shape index (κ2) is 9.07. The molecule has 2 rings (SSSR count). The van der Waals surface area contributed by atoms with Gasteiger partial charge in [-0.1, -0.05) is 26.7 Å². The lowest BCUT2D eigenvalue weighted by atomic mass is 10.0. The Bertz CT molecular complexity index is 538. The van der Waals surface area contributed by atoms with E-state index in [9.17, 15) is 0 Å². The second-order valence-corrected chi connectivity index (χ2v) is 5.58. The third-order valence-corrected chi connectivity index (χ3v) is 3.76. The highest BCUT2D eigenvalue weighted by molar-refractivity contribution is 5.42. The summed E-state index contributed by atoms with van der Waals surface area (Å²) in [6.45, 7) is 4.43. The first-order chi connectivity index (χ1) is 10.8. The van der Waals surface area contributed by atoms with Crippen LogP contribution in [0.15, 0.2) is 30.7 Å². The zero-order chi connectivity index (χ0) is 15.6. The van der Waals surface area contributed by atoms with Crippen molar-refractivity contribution in [1.29, 1.82) is 0 Å². The smallest absolute Gasteiger partial charge is 0.155 e. The van der Waals surface area contributed by atoms with Crippen LogP contribution < -0.4 is 5.32 Å².